The van der Waals surface area contributed by atoms with E-state index < -0.39 is 5.82 Å². The van der Waals surface area contributed by atoms with Crippen LogP contribution < -0.4 is 10.5 Å². The lowest BCUT2D eigenvalue weighted by molar-refractivity contribution is 0.300. The molecule has 0 aromatic heterocycles. The Morgan fingerprint density at radius 1 is 1.35 bits per heavy atom. The van der Waals surface area contributed by atoms with E-state index in [9.17, 15) is 4.39 Å². The van der Waals surface area contributed by atoms with Gasteiger partial charge in [0.1, 0.15) is 24.0 Å². The number of halogens is 3. The molecule has 0 saturated carbocycles. The highest BCUT2D eigenvalue weighted by Gasteiger charge is 2.11. The lowest BCUT2D eigenvalue weighted by atomic mass is 10.1. The highest BCUT2D eigenvalue weighted by atomic mass is 79.9. The first-order valence-electron chi connectivity index (χ1n) is 5.68. The maximum Gasteiger partial charge on any atom is 0.140 e. The smallest absolute Gasteiger partial charge is 0.140 e. The molecule has 0 amide bonds. The zero-order chi connectivity index (χ0) is 14.7. The first-order chi connectivity index (χ1) is 9.49. The maximum atomic E-state index is 14.1. The SMILES string of the molecule is N=C(N)c1cccc(COc2cc(Br)ccc2Cl)c1F. The van der Waals surface area contributed by atoms with E-state index in [-0.39, 0.29) is 18.0 Å². The van der Waals surface area contributed by atoms with Crippen molar-refractivity contribution in [1.29, 1.82) is 5.41 Å². The van der Waals surface area contributed by atoms with Gasteiger partial charge >= 0.3 is 0 Å². The number of amidine groups is 1. The van der Waals surface area contributed by atoms with E-state index >= 15 is 0 Å². The van der Waals surface area contributed by atoms with Crippen LogP contribution in [0, 0.1) is 11.2 Å². The largest absolute Gasteiger partial charge is 0.487 e. The number of rotatable bonds is 4. The van der Waals surface area contributed by atoms with Crippen molar-refractivity contribution in [3.8, 4) is 5.75 Å². The standard InChI is InChI=1S/C14H11BrClFN2O/c15-9-4-5-11(16)12(6-9)20-7-8-2-1-3-10(13(8)17)14(18)19/h1-6H,7H2,(H3,18,19). The van der Waals surface area contributed by atoms with Gasteiger partial charge in [-0.15, -0.1) is 0 Å². The number of ether oxygens (including phenoxy) is 1. The molecule has 20 heavy (non-hydrogen) atoms. The Hall–Kier alpha value is -1.59. The molecule has 2 rings (SSSR count). The second kappa shape index (κ2) is 6.24. The lowest BCUT2D eigenvalue weighted by Gasteiger charge is -2.10. The van der Waals surface area contributed by atoms with E-state index in [0.29, 0.717) is 16.3 Å². The molecule has 2 aromatic carbocycles. The van der Waals surface area contributed by atoms with E-state index in [1.165, 1.54) is 6.07 Å². The lowest BCUT2D eigenvalue weighted by Crippen LogP contribution is -2.14. The van der Waals surface area contributed by atoms with Crippen molar-refractivity contribution in [2.24, 2.45) is 5.73 Å². The predicted octanol–water partition coefficient (Wildman–Crippen LogP) is 4.10. The Balaban J connectivity index is 2.21. The van der Waals surface area contributed by atoms with Crippen LogP contribution in [0.2, 0.25) is 5.02 Å². The Labute approximate surface area is 129 Å². The van der Waals surface area contributed by atoms with Crippen molar-refractivity contribution >= 4 is 33.4 Å². The average Bonchev–Trinajstić information content (AvgIpc) is 2.41. The monoisotopic (exact) mass is 356 g/mol. The highest BCUT2D eigenvalue weighted by molar-refractivity contribution is 9.10. The number of nitrogens with one attached hydrogen (secondary N) is 1. The summed E-state index contributed by atoms with van der Waals surface area (Å²) >= 11 is 9.30. The van der Waals surface area contributed by atoms with E-state index in [1.807, 2.05) is 0 Å². The molecule has 0 aliphatic carbocycles. The van der Waals surface area contributed by atoms with E-state index in [2.05, 4.69) is 15.9 Å². The van der Waals surface area contributed by atoms with Gasteiger partial charge in [-0.25, -0.2) is 4.39 Å². The molecule has 0 radical (unpaired) electrons. The van der Waals surface area contributed by atoms with Gasteiger partial charge in [-0.3, -0.25) is 5.41 Å². The third-order valence-corrected chi connectivity index (χ3v) is 3.45. The summed E-state index contributed by atoms with van der Waals surface area (Å²) in [7, 11) is 0. The molecule has 0 bridgehead atoms. The number of hydrogen-bond acceptors (Lipinski definition) is 2. The van der Waals surface area contributed by atoms with Crippen LogP contribution in [-0.4, -0.2) is 5.84 Å². The summed E-state index contributed by atoms with van der Waals surface area (Å²) < 4.78 is 20.4. The van der Waals surface area contributed by atoms with Crippen LogP contribution in [0.3, 0.4) is 0 Å². The number of hydrogen-bond donors (Lipinski definition) is 2. The van der Waals surface area contributed by atoms with E-state index in [4.69, 9.17) is 27.5 Å². The first kappa shape index (κ1) is 14.8. The Morgan fingerprint density at radius 3 is 2.80 bits per heavy atom. The Bertz CT molecular complexity index is 664. The summed E-state index contributed by atoms with van der Waals surface area (Å²) in [5, 5.41) is 7.74. The third kappa shape index (κ3) is 3.29. The van der Waals surface area contributed by atoms with E-state index in [1.54, 1.807) is 30.3 Å². The molecule has 6 heteroatoms. The fraction of sp³-hybridized carbons (Fsp3) is 0.0714. The summed E-state index contributed by atoms with van der Waals surface area (Å²) in [5.74, 6) is -0.412. The molecule has 0 aliphatic heterocycles. The maximum absolute atomic E-state index is 14.1. The van der Waals surface area contributed by atoms with Crippen molar-refractivity contribution in [1.82, 2.24) is 0 Å². The predicted molar refractivity (Wildman–Crippen MR) is 80.9 cm³/mol. The summed E-state index contributed by atoms with van der Waals surface area (Å²) in [6.07, 6.45) is 0. The van der Waals surface area contributed by atoms with Crippen LogP contribution in [0.5, 0.6) is 5.75 Å². The molecule has 3 nitrogen and oxygen atoms in total. The van der Waals surface area contributed by atoms with Gasteiger partial charge in [-0.05, 0) is 24.3 Å². The molecule has 0 spiro atoms. The van der Waals surface area contributed by atoms with Crippen LogP contribution >= 0.6 is 27.5 Å². The van der Waals surface area contributed by atoms with Gasteiger partial charge in [0.05, 0.1) is 10.6 Å². The molecular formula is C14H11BrClFN2O. The van der Waals surface area contributed by atoms with Crippen LogP contribution in [0.4, 0.5) is 4.39 Å². The highest BCUT2D eigenvalue weighted by Crippen LogP contribution is 2.29. The summed E-state index contributed by atoms with van der Waals surface area (Å²) in [6.45, 7) is 0.00310. The topological polar surface area (TPSA) is 59.1 Å². The molecule has 0 fully saturated rings. The van der Waals surface area contributed by atoms with Gasteiger partial charge in [0, 0.05) is 10.0 Å². The fourth-order valence-electron chi connectivity index (χ4n) is 1.64. The van der Waals surface area contributed by atoms with Crippen molar-refractivity contribution < 1.29 is 9.13 Å². The number of nitrogen functional groups attached to an aromatic ring is 1. The summed E-state index contributed by atoms with van der Waals surface area (Å²) in [6, 6.07) is 9.83. The van der Waals surface area contributed by atoms with Gasteiger partial charge in [-0.1, -0.05) is 39.7 Å². The van der Waals surface area contributed by atoms with Gasteiger partial charge in [0.2, 0.25) is 0 Å². The quantitative estimate of drug-likeness (QED) is 0.639. The molecule has 2 aromatic rings. The minimum absolute atomic E-state index is 0.00310. The van der Waals surface area contributed by atoms with Crippen molar-refractivity contribution in [3.05, 3.63) is 62.8 Å². The normalized spacial score (nSPS) is 10.3. The van der Waals surface area contributed by atoms with Gasteiger partial charge in [0.15, 0.2) is 0 Å². The fourth-order valence-corrected chi connectivity index (χ4v) is 2.15. The average molecular weight is 358 g/mol. The minimum Gasteiger partial charge on any atom is -0.487 e. The second-order valence-corrected chi connectivity index (χ2v) is 5.38. The Morgan fingerprint density at radius 2 is 2.10 bits per heavy atom. The molecular weight excluding hydrogens is 347 g/mol. The van der Waals surface area contributed by atoms with Crippen LogP contribution in [0.25, 0.3) is 0 Å². The van der Waals surface area contributed by atoms with Crippen molar-refractivity contribution in [2.75, 3.05) is 0 Å². The zero-order valence-corrected chi connectivity index (χ0v) is 12.6. The minimum atomic E-state index is -0.550. The summed E-state index contributed by atoms with van der Waals surface area (Å²) in [5.41, 5.74) is 5.69. The first-order valence-corrected chi connectivity index (χ1v) is 6.85. The van der Waals surface area contributed by atoms with E-state index in [0.717, 1.165) is 4.47 Å². The van der Waals surface area contributed by atoms with Gasteiger partial charge < -0.3 is 10.5 Å². The second-order valence-electron chi connectivity index (χ2n) is 4.06. The van der Waals surface area contributed by atoms with Gasteiger partial charge in [-0.2, -0.15) is 0 Å². The van der Waals surface area contributed by atoms with Crippen molar-refractivity contribution in [2.45, 2.75) is 6.61 Å². The molecule has 0 heterocycles. The number of nitrogens with two attached hydrogens (primary N) is 1. The third-order valence-electron chi connectivity index (χ3n) is 2.65. The summed E-state index contributed by atoms with van der Waals surface area (Å²) in [4.78, 5) is 0. The Kier molecular flexibility index (Phi) is 4.62. The number of benzene rings is 2. The van der Waals surface area contributed by atoms with Gasteiger partial charge in [0.25, 0.3) is 0 Å². The van der Waals surface area contributed by atoms with Crippen LogP contribution in [-0.2, 0) is 6.61 Å². The van der Waals surface area contributed by atoms with Crippen LogP contribution in [0.15, 0.2) is 40.9 Å². The molecule has 3 N–H and O–H groups in total. The van der Waals surface area contributed by atoms with Crippen LogP contribution in [0.1, 0.15) is 11.1 Å². The molecule has 0 atom stereocenters. The van der Waals surface area contributed by atoms with Crippen molar-refractivity contribution in [3.63, 3.8) is 0 Å². The zero-order valence-electron chi connectivity index (χ0n) is 10.3. The molecule has 0 unspecified atom stereocenters. The molecule has 0 aliphatic rings. The molecule has 0 saturated heterocycles. The molecule has 104 valence electrons.